The van der Waals surface area contributed by atoms with Gasteiger partial charge in [-0.05, 0) is 25.5 Å². The van der Waals surface area contributed by atoms with Gasteiger partial charge in [0.2, 0.25) is 0 Å². The van der Waals surface area contributed by atoms with Crippen LogP contribution in [-0.2, 0) is 6.54 Å². The van der Waals surface area contributed by atoms with Crippen molar-refractivity contribution >= 4 is 22.2 Å². The van der Waals surface area contributed by atoms with Gasteiger partial charge in [-0.25, -0.2) is 0 Å². The third kappa shape index (κ3) is 2.32. The summed E-state index contributed by atoms with van der Waals surface area (Å²) in [5.74, 6) is 0.181. The second kappa shape index (κ2) is 5.27. The number of benzene rings is 1. The zero-order valence-electron chi connectivity index (χ0n) is 13.6. The number of ether oxygens (including phenoxy) is 1. The van der Waals surface area contributed by atoms with Crippen LogP contribution in [0, 0.1) is 10.1 Å². The molecule has 1 unspecified atom stereocenters. The smallest absolute Gasteiger partial charge is 0.328 e. The number of hydrogen-bond acceptors (Lipinski definition) is 6. The minimum absolute atomic E-state index is 0.0657. The largest absolute Gasteiger partial charge is 0.484 e. The van der Waals surface area contributed by atoms with Gasteiger partial charge >= 0.3 is 5.00 Å². The summed E-state index contributed by atoms with van der Waals surface area (Å²) in [6, 6.07) is 7.98. The van der Waals surface area contributed by atoms with Crippen molar-refractivity contribution in [3.63, 3.8) is 0 Å². The van der Waals surface area contributed by atoms with E-state index < -0.39 is 22.7 Å². The van der Waals surface area contributed by atoms with Gasteiger partial charge in [-0.1, -0.05) is 29.5 Å². The van der Waals surface area contributed by atoms with Gasteiger partial charge in [-0.2, -0.15) is 0 Å². The van der Waals surface area contributed by atoms with E-state index in [1.807, 2.05) is 12.1 Å². The van der Waals surface area contributed by atoms with E-state index in [-0.39, 0.29) is 10.9 Å². The van der Waals surface area contributed by atoms with Crippen molar-refractivity contribution in [2.45, 2.75) is 38.1 Å². The van der Waals surface area contributed by atoms with E-state index in [9.17, 15) is 20.0 Å². The summed E-state index contributed by atoms with van der Waals surface area (Å²) < 4.78 is 5.78. The Morgan fingerprint density at radius 1 is 1.40 bits per heavy atom. The first-order valence-electron chi connectivity index (χ1n) is 7.83. The van der Waals surface area contributed by atoms with Crippen LogP contribution in [0.4, 0.5) is 5.00 Å². The number of carbonyl (C=O) groups is 1. The van der Waals surface area contributed by atoms with Crippen LogP contribution in [-0.4, -0.2) is 32.5 Å². The van der Waals surface area contributed by atoms with Crippen LogP contribution in [0.1, 0.15) is 40.7 Å². The Morgan fingerprint density at radius 3 is 2.80 bits per heavy atom. The number of carbonyl (C=O) groups excluding carboxylic acids is 1. The second-order valence-electron chi connectivity index (χ2n) is 6.76. The van der Waals surface area contributed by atoms with E-state index in [0.717, 1.165) is 16.9 Å². The molecule has 7 nitrogen and oxygen atoms in total. The normalized spacial score (nSPS) is 23.8. The highest BCUT2D eigenvalue weighted by Gasteiger charge is 2.50. The fourth-order valence-electron chi connectivity index (χ4n) is 3.43. The molecule has 1 N–H and O–H groups in total. The molecular formula is C17H16N2O5S. The molecule has 0 saturated heterocycles. The van der Waals surface area contributed by atoms with Crippen LogP contribution < -0.4 is 4.74 Å². The van der Waals surface area contributed by atoms with E-state index in [0.29, 0.717) is 22.7 Å². The van der Waals surface area contributed by atoms with Crippen LogP contribution in [0.2, 0.25) is 0 Å². The molecule has 4 rings (SSSR count). The van der Waals surface area contributed by atoms with Crippen LogP contribution in [0.3, 0.4) is 0 Å². The van der Waals surface area contributed by atoms with Gasteiger partial charge in [0.15, 0.2) is 0 Å². The molecule has 2 aliphatic rings. The van der Waals surface area contributed by atoms with Gasteiger partial charge in [0.05, 0.1) is 15.9 Å². The van der Waals surface area contributed by atoms with E-state index in [1.54, 1.807) is 30.9 Å². The molecule has 0 fully saturated rings. The second-order valence-corrected chi connectivity index (χ2v) is 7.82. The number of hydrogen-bond donors (Lipinski definition) is 1. The SMILES string of the molecule is CC1(C)Oc2cc([N+](=O)[O-])sc2C(N2Cc3ccccc3C2=O)[C@@H]1O. The molecule has 2 aromatic rings. The Hall–Kier alpha value is -2.45. The summed E-state index contributed by atoms with van der Waals surface area (Å²) in [5.41, 5.74) is 0.519. The number of nitrogens with zero attached hydrogens (tertiary/aromatic N) is 2. The maximum atomic E-state index is 12.8. The van der Waals surface area contributed by atoms with Gasteiger partial charge in [0, 0.05) is 12.1 Å². The van der Waals surface area contributed by atoms with Gasteiger partial charge in [-0.15, -0.1) is 0 Å². The first-order chi connectivity index (χ1) is 11.8. The summed E-state index contributed by atoms with van der Waals surface area (Å²) in [7, 11) is 0. The molecule has 2 atom stereocenters. The first kappa shape index (κ1) is 16.0. The molecule has 2 aliphatic heterocycles. The van der Waals surface area contributed by atoms with Crippen molar-refractivity contribution in [3.05, 3.63) is 56.5 Å². The maximum absolute atomic E-state index is 12.8. The van der Waals surface area contributed by atoms with Crippen molar-refractivity contribution in [1.29, 1.82) is 0 Å². The Balaban J connectivity index is 1.81. The van der Waals surface area contributed by atoms with Crippen molar-refractivity contribution in [2.24, 2.45) is 0 Å². The summed E-state index contributed by atoms with van der Waals surface area (Å²) >= 11 is 0.946. The first-order valence-corrected chi connectivity index (χ1v) is 8.65. The molecule has 130 valence electrons. The number of aliphatic hydroxyl groups excluding tert-OH is 1. The van der Waals surface area contributed by atoms with Crippen LogP contribution in [0.25, 0.3) is 0 Å². The average molecular weight is 360 g/mol. The Labute approximate surface area is 147 Å². The summed E-state index contributed by atoms with van der Waals surface area (Å²) in [5, 5.41) is 22.0. The fourth-order valence-corrected chi connectivity index (χ4v) is 4.48. The zero-order valence-corrected chi connectivity index (χ0v) is 14.4. The highest BCUT2D eigenvalue weighted by atomic mass is 32.1. The lowest BCUT2D eigenvalue weighted by atomic mass is 9.89. The van der Waals surface area contributed by atoms with Gasteiger partial charge < -0.3 is 14.7 Å². The number of nitro groups is 1. The molecule has 0 aliphatic carbocycles. The molecular weight excluding hydrogens is 344 g/mol. The zero-order chi connectivity index (χ0) is 17.9. The number of aliphatic hydroxyl groups is 1. The third-order valence-corrected chi connectivity index (χ3v) is 5.87. The summed E-state index contributed by atoms with van der Waals surface area (Å²) in [6.45, 7) is 3.79. The van der Waals surface area contributed by atoms with Crippen LogP contribution in [0.15, 0.2) is 30.3 Å². The topological polar surface area (TPSA) is 92.9 Å². The molecule has 1 aromatic heterocycles. The van der Waals surface area contributed by atoms with Gasteiger partial charge in [-0.3, -0.25) is 14.9 Å². The molecule has 0 spiro atoms. The summed E-state index contributed by atoms with van der Waals surface area (Å²) in [4.78, 5) is 25.6. The van der Waals surface area contributed by atoms with Crippen LogP contribution in [0.5, 0.6) is 5.75 Å². The minimum atomic E-state index is -1.00. The quantitative estimate of drug-likeness (QED) is 0.657. The number of thiophene rings is 1. The number of rotatable bonds is 2. The standard InChI is InChI=1S/C17H16N2O5S/c1-17(2)15(20)13(14-11(24-17)7-12(25-14)19(22)23)18-8-9-5-3-4-6-10(9)16(18)21/h3-7,13,15,20H,8H2,1-2H3/t13?,15-/m0/s1. The average Bonchev–Trinajstić information content (AvgIpc) is 3.10. The van der Waals surface area contributed by atoms with Crippen molar-refractivity contribution in [3.8, 4) is 5.75 Å². The summed E-state index contributed by atoms with van der Waals surface area (Å²) in [6.07, 6.45) is -1.00. The molecule has 0 radical (unpaired) electrons. The molecule has 3 heterocycles. The van der Waals surface area contributed by atoms with Gasteiger partial charge in [0.25, 0.3) is 5.91 Å². The lowest BCUT2D eigenvalue weighted by Gasteiger charge is -2.43. The predicted octanol–water partition coefficient (Wildman–Crippen LogP) is 2.89. The van der Waals surface area contributed by atoms with Crippen molar-refractivity contribution in [2.75, 3.05) is 0 Å². The molecule has 1 amide bonds. The molecule has 25 heavy (non-hydrogen) atoms. The van der Waals surface area contributed by atoms with Crippen molar-refractivity contribution < 1.29 is 19.6 Å². The third-order valence-electron chi connectivity index (χ3n) is 4.73. The molecule has 0 saturated carbocycles. The lowest BCUT2D eigenvalue weighted by Crippen LogP contribution is -2.53. The van der Waals surface area contributed by atoms with E-state index in [2.05, 4.69) is 0 Å². The monoisotopic (exact) mass is 360 g/mol. The Morgan fingerprint density at radius 2 is 2.12 bits per heavy atom. The highest BCUT2D eigenvalue weighted by Crippen LogP contribution is 2.50. The number of amides is 1. The van der Waals surface area contributed by atoms with E-state index >= 15 is 0 Å². The minimum Gasteiger partial charge on any atom is -0.484 e. The van der Waals surface area contributed by atoms with E-state index in [1.165, 1.54) is 6.07 Å². The van der Waals surface area contributed by atoms with E-state index in [4.69, 9.17) is 4.74 Å². The molecule has 0 bridgehead atoms. The Bertz CT molecular complexity index is 891. The van der Waals surface area contributed by atoms with Gasteiger partial charge in [0.1, 0.15) is 23.5 Å². The molecule has 8 heteroatoms. The fraction of sp³-hybridized carbons (Fsp3) is 0.353. The predicted molar refractivity (Wildman–Crippen MR) is 90.7 cm³/mol. The van der Waals surface area contributed by atoms with Crippen LogP contribution >= 0.6 is 11.3 Å². The highest BCUT2D eigenvalue weighted by molar-refractivity contribution is 7.15. The molecule has 1 aromatic carbocycles. The lowest BCUT2D eigenvalue weighted by molar-refractivity contribution is -0.380. The Kier molecular flexibility index (Phi) is 3.38. The van der Waals surface area contributed by atoms with Crippen molar-refractivity contribution in [1.82, 2.24) is 4.90 Å². The maximum Gasteiger partial charge on any atom is 0.328 e. The number of fused-ring (bicyclic) bond motifs is 2.